The van der Waals surface area contributed by atoms with Crippen LogP contribution in [0.4, 0.5) is 11.5 Å². The van der Waals surface area contributed by atoms with Crippen LogP contribution in [0.3, 0.4) is 0 Å². The molecule has 9 nitrogen and oxygen atoms in total. The van der Waals surface area contributed by atoms with E-state index >= 15 is 0 Å². The van der Waals surface area contributed by atoms with E-state index in [0.717, 1.165) is 24.4 Å². The second kappa shape index (κ2) is 5.85. The quantitative estimate of drug-likeness (QED) is 0.577. The van der Waals surface area contributed by atoms with Crippen LogP contribution in [-0.4, -0.2) is 51.4 Å². The largest absolute Gasteiger partial charge is 0.378 e. The zero-order chi connectivity index (χ0) is 16.5. The number of nitro groups is 1. The van der Waals surface area contributed by atoms with E-state index in [2.05, 4.69) is 25.1 Å². The number of non-ortho nitro benzene ring substituents is 1. The van der Waals surface area contributed by atoms with Crippen LogP contribution in [-0.2, 0) is 4.74 Å². The number of anilines is 1. The van der Waals surface area contributed by atoms with Gasteiger partial charge in [-0.1, -0.05) is 0 Å². The molecule has 1 fully saturated rings. The minimum absolute atomic E-state index is 0.0209. The molecule has 24 heavy (non-hydrogen) atoms. The number of hydrogen-bond donors (Lipinski definition) is 1. The molecule has 1 saturated heterocycles. The minimum atomic E-state index is -0.421. The third kappa shape index (κ3) is 2.54. The monoisotopic (exact) mass is 326 g/mol. The van der Waals surface area contributed by atoms with Gasteiger partial charge < -0.3 is 9.64 Å². The smallest absolute Gasteiger partial charge is 0.270 e. The van der Waals surface area contributed by atoms with E-state index in [9.17, 15) is 10.1 Å². The molecule has 0 bridgehead atoms. The van der Waals surface area contributed by atoms with Crippen LogP contribution in [0.15, 0.2) is 30.6 Å². The Balaban J connectivity index is 1.77. The lowest BCUT2D eigenvalue weighted by molar-refractivity contribution is -0.384. The summed E-state index contributed by atoms with van der Waals surface area (Å²) in [7, 11) is 0. The third-order valence-electron chi connectivity index (χ3n) is 3.99. The molecule has 3 aromatic rings. The summed E-state index contributed by atoms with van der Waals surface area (Å²) in [5, 5.41) is 18.8. The van der Waals surface area contributed by atoms with Crippen molar-refractivity contribution in [1.82, 2.24) is 20.2 Å². The van der Waals surface area contributed by atoms with Crippen molar-refractivity contribution in [2.45, 2.75) is 0 Å². The van der Waals surface area contributed by atoms with E-state index in [-0.39, 0.29) is 5.69 Å². The highest BCUT2D eigenvalue weighted by Crippen LogP contribution is 2.29. The first-order chi connectivity index (χ1) is 11.7. The van der Waals surface area contributed by atoms with Gasteiger partial charge >= 0.3 is 0 Å². The van der Waals surface area contributed by atoms with Crippen LogP contribution in [0.1, 0.15) is 0 Å². The number of morpholine rings is 1. The molecule has 1 aromatic carbocycles. The molecule has 0 unspecified atom stereocenters. The highest BCUT2D eigenvalue weighted by molar-refractivity contribution is 5.93. The molecule has 1 N–H and O–H groups in total. The van der Waals surface area contributed by atoms with Crippen molar-refractivity contribution >= 4 is 22.4 Å². The maximum atomic E-state index is 11.0. The molecule has 0 spiro atoms. The topological polar surface area (TPSA) is 110 Å². The predicted octanol–water partition coefficient (Wildman–Crippen LogP) is 1.76. The SMILES string of the molecule is O=[N+]([O-])c1ccc2[nH]nc(-c3cc(N4CCOCC4)ncn3)c2c1. The zero-order valence-corrected chi connectivity index (χ0v) is 12.7. The van der Waals surface area contributed by atoms with Crippen molar-refractivity contribution in [2.75, 3.05) is 31.2 Å². The molecule has 3 heterocycles. The van der Waals surface area contributed by atoms with Gasteiger partial charge in [-0.3, -0.25) is 15.2 Å². The normalized spacial score (nSPS) is 14.9. The molecule has 4 rings (SSSR count). The number of nitro benzene ring substituents is 1. The summed E-state index contributed by atoms with van der Waals surface area (Å²) >= 11 is 0. The summed E-state index contributed by atoms with van der Waals surface area (Å²) in [5.41, 5.74) is 1.94. The molecule has 1 aliphatic heterocycles. The number of aromatic amines is 1. The van der Waals surface area contributed by atoms with Gasteiger partial charge in [-0.25, -0.2) is 9.97 Å². The van der Waals surface area contributed by atoms with Crippen LogP contribution in [0.2, 0.25) is 0 Å². The Morgan fingerprint density at radius 1 is 1.21 bits per heavy atom. The number of hydrogen-bond acceptors (Lipinski definition) is 7. The molecule has 1 aliphatic rings. The molecule has 0 aliphatic carbocycles. The summed E-state index contributed by atoms with van der Waals surface area (Å²) in [5.74, 6) is 0.796. The zero-order valence-electron chi connectivity index (χ0n) is 12.7. The van der Waals surface area contributed by atoms with Crippen molar-refractivity contribution in [2.24, 2.45) is 0 Å². The first kappa shape index (κ1) is 14.5. The lowest BCUT2D eigenvalue weighted by Crippen LogP contribution is -2.36. The van der Waals surface area contributed by atoms with Crippen molar-refractivity contribution < 1.29 is 9.66 Å². The van der Waals surface area contributed by atoms with E-state index < -0.39 is 4.92 Å². The van der Waals surface area contributed by atoms with Gasteiger partial charge in [0.15, 0.2) is 0 Å². The highest BCUT2D eigenvalue weighted by atomic mass is 16.6. The van der Waals surface area contributed by atoms with E-state index in [1.54, 1.807) is 6.07 Å². The Morgan fingerprint density at radius 3 is 2.83 bits per heavy atom. The first-order valence-corrected chi connectivity index (χ1v) is 7.50. The minimum Gasteiger partial charge on any atom is -0.378 e. The van der Waals surface area contributed by atoms with Crippen molar-refractivity contribution in [3.8, 4) is 11.4 Å². The first-order valence-electron chi connectivity index (χ1n) is 7.50. The summed E-state index contributed by atoms with van der Waals surface area (Å²) in [4.78, 5) is 21.3. The number of H-pyrrole nitrogens is 1. The molecular formula is C15H14N6O3. The number of nitrogens with one attached hydrogen (secondary N) is 1. The van der Waals surface area contributed by atoms with E-state index in [0.29, 0.717) is 30.0 Å². The number of benzene rings is 1. The lowest BCUT2D eigenvalue weighted by Gasteiger charge is -2.27. The number of rotatable bonds is 3. The van der Waals surface area contributed by atoms with Gasteiger partial charge in [0, 0.05) is 36.7 Å². The molecule has 2 aromatic heterocycles. The van der Waals surface area contributed by atoms with Crippen LogP contribution in [0.5, 0.6) is 0 Å². The second-order valence-corrected chi connectivity index (χ2v) is 5.42. The molecule has 122 valence electrons. The average Bonchev–Trinajstić information content (AvgIpc) is 3.05. The molecule has 9 heteroatoms. The van der Waals surface area contributed by atoms with Crippen LogP contribution >= 0.6 is 0 Å². The number of aromatic nitrogens is 4. The molecular weight excluding hydrogens is 312 g/mol. The number of ether oxygens (including phenoxy) is 1. The fourth-order valence-electron chi connectivity index (χ4n) is 2.75. The predicted molar refractivity (Wildman–Crippen MR) is 86.8 cm³/mol. The molecule has 0 amide bonds. The third-order valence-corrected chi connectivity index (χ3v) is 3.99. The lowest BCUT2D eigenvalue weighted by atomic mass is 10.1. The molecule has 0 atom stereocenters. The number of fused-ring (bicyclic) bond motifs is 1. The van der Waals surface area contributed by atoms with Gasteiger partial charge in [-0.05, 0) is 6.07 Å². The van der Waals surface area contributed by atoms with Gasteiger partial charge in [0.25, 0.3) is 5.69 Å². The Bertz CT molecular complexity index is 903. The summed E-state index contributed by atoms with van der Waals surface area (Å²) in [6.07, 6.45) is 1.48. The van der Waals surface area contributed by atoms with Crippen LogP contribution < -0.4 is 4.90 Å². The van der Waals surface area contributed by atoms with Crippen LogP contribution in [0, 0.1) is 10.1 Å². The Kier molecular flexibility index (Phi) is 3.54. The van der Waals surface area contributed by atoms with Gasteiger partial charge in [-0.15, -0.1) is 0 Å². The summed E-state index contributed by atoms with van der Waals surface area (Å²) in [6, 6.07) is 6.45. The highest BCUT2D eigenvalue weighted by Gasteiger charge is 2.17. The van der Waals surface area contributed by atoms with Crippen LogP contribution in [0.25, 0.3) is 22.3 Å². The maximum Gasteiger partial charge on any atom is 0.270 e. The van der Waals surface area contributed by atoms with Gasteiger partial charge in [0.05, 0.1) is 29.3 Å². The second-order valence-electron chi connectivity index (χ2n) is 5.42. The van der Waals surface area contributed by atoms with Crippen molar-refractivity contribution in [3.05, 3.63) is 40.7 Å². The van der Waals surface area contributed by atoms with Gasteiger partial charge in [0.2, 0.25) is 0 Å². The summed E-state index contributed by atoms with van der Waals surface area (Å²) in [6.45, 7) is 2.86. The van der Waals surface area contributed by atoms with E-state index in [1.165, 1.54) is 18.5 Å². The number of nitrogens with zero attached hydrogens (tertiary/aromatic N) is 5. The van der Waals surface area contributed by atoms with Gasteiger partial charge in [0.1, 0.15) is 17.8 Å². The Labute approximate surface area is 136 Å². The Morgan fingerprint density at radius 2 is 2.04 bits per heavy atom. The Hall–Kier alpha value is -3.07. The van der Waals surface area contributed by atoms with Gasteiger partial charge in [-0.2, -0.15) is 5.10 Å². The van der Waals surface area contributed by atoms with E-state index in [4.69, 9.17) is 4.74 Å². The standard InChI is InChI=1S/C15H14N6O3/c22-21(23)10-1-2-12-11(7-10)15(19-18-12)13-8-14(17-9-16-13)20-3-5-24-6-4-20/h1-2,7-9H,3-6H2,(H,18,19). The molecule has 0 saturated carbocycles. The fourth-order valence-corrected chi connectivity index (χ4v) is 2.75. The molecule has 0 radical (unpaired) electrons. The average molecular weight is 326 g/mol. The van der Waals surface area contributed by atoms with E-state index in [1.807, 2.05) is 6.07 Å². The van der Waals surface area contributed by atoms with Crippen molar-refractivity contribution in [3.63, 3.8) is 0 Å². The van der Waals surface area contributed by atoms with Crippen molar-refractivity contribution in [1.29, 1.82) is 0 Å². The maximum absolute atomic E-state index is 11.0. The fraction of sp³-hybridized carbons (Fsp3) is 0.267. The summed E-state index contributed by atoms with van der Waals surface area (Å²) < 4.78 is 5.35.